The Morgan fingerprint density at radius 2 is 1.76 bits per heavy atom. The molecule has 0 fully saturated rings. The van der Waals surface area contributed by atoms with Gasteiger partial charge in [0.1, 0.15) is 11.5 Å². The Labute approximate surface area is 118 Å². The van der Waals surface area contributed by atoms with Crippen LogP contribution in [0.15, 0.2) is 42.5 Å². The summed E-state index contributed by atoms with van der Waals surface area (Å²) in [6.07, 6.45) is -4.71. The SMILES string of the molecule is Cc1cc(Oc2ccccc2)c(C(F)(F)F)cc1C(=O)O. The summed E-state index contributed by atoms with van der Waals surface area (Å²) in [5, 5.41) is 8.93. The van der Waals surface area contributed by atoms with Crippen LogP contribution < -0.4 is 4.74 Å². The molecule has 0 amide bonds. The smallest absolute Gasteiger partial charge is 0.420 e. The minimum absolute atomic E-state index is 0.196. The molecule has 0 aliphatic rings. The summed E-state index contributed by atoms with van der Waals surface area (Å²) in [6.45, 7) is 1.42. The molecule has 1 N–H and O–H groups in total. The molecule has 0 aromatic heterocycles. The number of hydrogen-bond donors (Lipinski definition) is 1. The number of carboxylic acids is 1. The van der Waals surface area contributed by atoms with Gasteiger partial charge in [-0.25, -0.2) is 4.79 Å². The summed E-state index contributed by atoms with van der Waals surface area (Å²) < 4.78 is 44.4. The third-order valence-corrected chi connectivity index (χ3v) is 2.83. The van der Waals surface area contributed by atoms with E-state index in [1.54, 1.807) is 18.2 Å². The molecule has 3 nitrogen and oxygen atoms in total. The summed E-state index contributed by atoms with van der Waals surface area (Å²) >= 11 is 0. The first-order valence-corrected chi connectivity index (χ1v) is 5.97. The zero-order valence-electron chi connectivity index (χ0n) is 10.9. The van der Waals surface area contributed by atoms with E-state index in [2.05, 4.69) is 0 Å². The number of carboxylic acid groups (broad SMARTS) is 1. The predicted molar refractivity (Wildman–Crippen MR) is 69.7 cm³/mol. The van der Waals surface area contributed by atoms with Gasteiger partial charge in [0.05, 0.1) is 11.1 Å². The summed E-state index contributed by atoms with van der Waals surface area (Å²) in [5.74, 6) is -1.59. The van der Waals surface area contributed by atoms with Gasteiger partial charge in [-0.15, -0.1) is 0 Å². The van der Waals surface area contributed by atoms with Gasteiger partial charge in [-0.2, -0.15) is 13.2 Å². The van der Waals surface area contributed by atoms with Crippen molar-refractivity contribution in [3.63, 3.8) is 0 Å². The lowest BCUT2D eigenvalue weighted by atomic mass is 10.0. The highest BCUT2D eigenvalue weighted by atomic mass is 19.4. The standard InChI is InChI=1S/C15H11F3O3/c1-9-7-13(21-10-5-3-2-4-6-10)12(15(16,17)18)8-11(9)14(19)20/h2-8H,1H3,(H,19,20). The Morgan fingerprint density at radius 1 is 1.14 bits per heavy atom. The average molecular weight is 296 g/mol. The Bertz CT molecular complexity index is 664. The average Bonchev–Trinajstić information content (AvgIpc) is 2.38. The summed E-state index contributed by atoms with van der Waals surface area (Å²) in [6, 6.07) is 9.66. The van der Waals surface area contributed by atoms with Crippen LogP contribution in [0.4, 0.5) is 13.2 Å². The number of ether oxygens (including phenoxy) is 1. The van der Waals surface area contributed by atoms with E-state index in [0.717, 1.165) is 6.07 Å². The molecule has 2 aromatic rings. The van der Waals surface area contributed by atoms with Crippen LogP contribution in [0.2, 0.25) is 0 Å². The van der Waals surface area contributed by atoms with Crippen molar-refractivity contribution in [2.75, 3.05) is 0 Å². The van der Waals surface area contributed by atoms with Crippen molar-refractivity contribution in [1.29, 1.82) is 0 Å². The molecule has 21 heavy (non-hydrogen) atoms. The van der Waals surface area contributed by atoms with Gasteiger partial charge in [-0.3, -0.25) is 0 Å². The molecule has 110 valence electrons. The Kier molecular flexibility index (Phi) is 3.88. The number of hydrogen-bond acceptors (Lipinski definition) is 2. The molecular formula is C15H11F3O3. The van der Waals surface area contributed by atoms with E-state index in [1.807, 2.05) is 0 Å². The van der Waals surface area contributed by atoms with Gasteiger partial charge in [0.2, 0.25) is 0 Å². The van der Waals surface area contributed by atoms with E-state index >= 15 is 0 Å². The second-order valence-electron chi connectivity index (χ2n) is 4.38. The maximum absolute atomic E-state index is 13.1. The summed E-state index contributed by atoms with van der Waals surface area (Å²) in [7, 11) is 0. The molecule has 0 bridgehead atoms. The molecule has 0 aliphatic carbocycles. The monoisotopic (exact) mass is 296 g/mol. The normalized spacial score (nSPS) is 11.2. The van der Waals surface area contributed by atoms with Gasteiger partial charge >= 0.3 is 12.1 Å². The zero-order valence-corrected chi connectivity index (χ0v) is 10.9. The first-order chi connectivity index (χ1) is 9.79. The topological polar surface area (TPSA) is 46.5 Å². The van der Waals surface area contributed by atoms with Crippen LogP contribution in [0.5, 0.6) is 11.5 Å². The molecule has 6 heteroatoms. The van der Waals surface area contributed by atoms with Crippen molar-refractivity contribution in [2.24, 2.45) is 0 Å². The number of para-hydroxylation sites is 1. The van der Waals surface area contributed by atoms with E-state index in [-0.39, 0.29) is 11.3 Å². The first kappa shape index (κ1) is 14.9. The van der Waals surface area contributed by atoms with E-state index in [0.29, 0.717) is 6.07 Å². The third kappa shape index (κ3) is 3.34. The molecule has 0 spiro atoms. The van der Waals surface area contributed by atoms with Gasteiger partial charge in [-0.1, -0.05) is 18.2 Å². The molecule has 0 aliphatic heterocycles. The highest BCUT2D eigenvalue weighted by Gasteiger charge is 2.36. The summed E-state index contributed by atoms with van der Waals surface area (Å²) in [4.78, 5) is 11.0. The Balaban J connectivity index is 2.54. The molecule has 2 rings (SSSR count). The maximum atomic E-state index is 13.1. The number of carbonyl (C=O) groups is 1. The summed E-state index contributed by atoms with van der Waals surface area (Å²) in [5.41, 5.74) is -1.32. The molecule has 0 unspecified atom stereocenters. The molecule has 0 heterocycles. The third-order valence-electron chi connectivity index (χ3n) is 2.83. The van der Waals surface area contributed by atoms with Gasteiger partial charge in [-0.05, 0) is 36.8 Å². The number of benzene rings is 2. The highest BCUT2D eigenvalue weighted by molar-refractivity contribution is 5.90. The van der Waals surface area contributed by atoms with Crippen molar-refractivity contribution < 1.29 is 27.8 Å². The molecule has 0 atom stereocenters. The van der Waals surface area contributed by atoms with Gasteiger partial charge < -0.3 is 9.84 Å². The Hall–Kier alpha value is -2.50. The van der Waals surface area contributed by atoms with Crippen LogP contribution in [-0.4, -0.2) is 11.1 Å². The number of halogens is 3. The van der Waals surface area contributed by atoms with Crippen molar-refractivity contribution in [1.82, 2.24) is 0 Å². The number of aryl methyl sites for hydroxylation is 1. The van der Waals surface area contributed by atoms with Gasteiger partial charge in [0.15, 0.2) is 0 Å². The number of alkyl halides is 3. The Morgan fingerprint density at radius 3 is 2.29 bits per heavy atom. The fourth-order valence-corrected chi connectivity index (χ4v) is 1.83. The van der Waals surface area contributed by atoms with Crippen molar-refractivity contribution in [2.45, 2.75) is 13.1 Å². The quantitative estimate of drug-likeness (QED) is 0.906. The van der Waals surface area contributed by atoms with Crippen LogP contribution in [0.3, 0.4) is 0 Å². The maximum Gasteiger partial charge on any atom is 0.420 e. The molecule has 2 aromatic carbocycles. The molecular weight excluding hydrogens is 285 g/mol. The van der Waals surface area contributed by atoms with Crippen LogP contribution in [0, 0.1) is 6.92 Å². The van der Waals surface area contributed by atoms with Crippen LogP contribution in [0.1, 0.15) is 21.5 Å². The minimum atomic E-state index is -4.71. The fraction of sp³-hybridized carbons (Fsp3) is 0.133. The van der Waals surface area contributed by atoms with E-state index in [1.165, 1.54) is 19.1 Å². The largest absolute Gasteiger partial charge is 0.478 e. The van der Waals surface area contributed by atoms with Gasteiger partial charge in [0.25, 0.3) is 0 Å². The van der Waals surface area contributed by atoms with Crippen LogP contribution in [0.25, 0.3) is 0 Å². The lowest BCUT2D eigenvalue weighted by Gasteiger charge is -2.16. The lowest BCUT2D eigenvalue weighted by molar-refractivity contribution is -0.138. The molecule has 0 saturated carbocycles. The van der Waals surface area contributed by atoms with Crippen molar-refractivity contribution in [3.8, 4) is 11.5 Å². The minimum Gasteiger partial charge on any atom is -0.478 e. The van der Waals surface area contributed by atoms with E-state index < -0.39 is 29.0 Å². The van der Waals surface area contributed by atoms with Crippen molar-refractivity contribution in [3.05, 3.63) is 59.2 Å². The lowest BCUT2D eigenvalue weighted by Crippen LogP contribution is -2.11. The number of aromatic carboxylic acids is 1. The predicted octanol–water partition coefficient (Wildman–Crippen LogP) is 4.50. The van der Waals surface area contributed by atoms with Crippen molar-refractivity contribution >= 4 is 5.97 Å². The molecule has 0 saturated heterocycles. The zero-order chi connectivity index (χ0) is 15.6. The number of rotatable bonds is 3. The van der Waals surface area contributed by atoms with E-state index in [4.69, 9.17) is 9.84 Å². The second kappa shape index (κ2) is 5.47. The molecule has 0 radical (unpaired) electrons. The van der Waals surface area contributed by atoms with E-state index in [9.17, 15) is 18.0 Å². The highest BCUT2D eigenvalue weighted by Crippen LogP contribution is 2.39. The first-order valence-electron chi connectivity index (χ1n) is 5.97. The second-order valence-corrected chi connectivity index (χ2v) is 4.38. The van der Waals surface area contributed by atoms with Crippen LogP contribution >= 0.6 is 0 Å². The fourth-order valence-electron chi connectivity index (χ4n) is 1.83. The van der Waals surface area contributed by atoms with Crippen LogP contribution in [-0.2, 0) is 6.18 Å². The van der Waals surface area contributed by atoms with Gasteiger partial charge in [0, 0.05) is 0 Å².